The molecule has 7 heteroatoms. The van der Waals surface area contributed by atoms with Gasteiger partial charge in [0.25, 0.3) is 0 Å². The van der Waals surface area contributed by atoms with Gasteiger partial charge in [0.2, 0.25) is 15.9 Å². The average Bonchev–Trinajstić information content (AvgIpc) is 2.42. The number of rotatable bonds is 6. The third kappa shape index (κ3) is 4.43. The summed E-state index contributed by atoms with van der Waals surface area (Å²) in [4.78, 5) is 4.10. The van der Waals surface area contributed by atoms with E-state index in [-0.39, 0.29) is 17.9 Å². The van der Waals surface area contributed by atoms with Gasteiger partial charge in [-0.3, -0.25) is 0 Å². The first-order valence-corrected chi connectivity index (χ1v) is 8.41. The van der Waals surface area contributed by atoms with Crippen LogP contribution in [-0.4, -0.2) is 44.5 Å². The molecule has 1 aromatic heterocycles. The third-order valence-corrected chi connectivity index (χ3v) is 4.61. The van der Waals surface area contributed by atoms with Crippen molar-refractivity contribution in [2.24, 2.45) is 0 Å². The maximum atomic E-state index is 11.9. The van der Waals surface area contributed by atoms with Crippen LogP contribution in [0.2, 0.25) is 0 Å². The molecular weight excluding hydrogens is 280 g/mol. The smallest absolute Gasteiger partial charge is 0.213 e. The molecule has 0 bridgehead atoms. The Kier molecular flexibility index (Phi) is 5.33. The van der Waals surface area contributed by atoms with Gasteiger partial charge in [0.1, 0.15) is 6.10 Å². The van der Waals surface area contributed by atoms with E-state index in [0.717, 1.165) is 0 Å². The van der Waals surface area contributed by atoms with E-state index in [9.17, 15) is 8.42 Å². The van der Waals surface area contributed by atoms with Gasteiger partial charge in [0.05, 0.1) is 25.0 Å². The molecule has 2 rings (SSSR count). The van der Waals surface area contributed by atoms with E-state index in [1.807, 2.05) is 13.0 Å². The molecule has 1 N–H and O–H groups in total. The Morgan fingerprint density at radius 1 is 1.50 bits per heavy atom. The van der Waals surface area contributed by atoms with Crippen molar-refractivity contribution in [3.63, 3.8) is 0 Å². The predicted octanol–water partition coefficient (Wildman–Crippen LogP) is 0.947. The monoisotopic (exact) mass is 300 g/mol. The Morgan fingerprint density at radius 3 is 3.05 bits per heavy atom. The fourth-order valence-electron chi connectivity index (χ4n) is 2.10. The van der Waals surface area contributed by atoms with Crippen molar-refractivity contribution in [2.45, 2.75) is 31.9 Å². The van der Waals surface area contributed by atoms with Crippen LogP contribution >= 0.6 is 0 Å². The molecule has 1 aliphatic heterocycles. The minimum absolute atomic E-state index is 0.111. The van der Waals surface area contributed by atoms with E-state index in [0.29, 0.717) is 31.9 Å². The van der Waals surface area contributed by atoms with E-state index in [1.165, 1.54) is 0 Å². The first kappa shape index (κ1) is 15.2. The lowest BCUT2D eigenvalue weighted by atomic mass is 10.1. The molecule has 0 saturated carbocycles. The Bertz CT molecular complexity index is 506. The van der Waals surface area contributed by atoms with Crippen molar-refractivity contribution < 1.29 is 17.9 Å². The number of nitrogens with zero attached hydrogens (tertiary/aromatic N) is 1. The predicted molar refractivity (Wildman–Crippen MR) is 75.1 cm³/mol. The summed E-state index contributed by atoms with van der Waals surface area (Å²) in [5.41, 5.74) is 0. The van der Waals surface area contributed by atoms with Crippen LogP contribution in [0.1, 0.15) is 19.8 Å². The van der Waals surface area contributed by atoms with Crippen LogP contribution in [0.5, 0.6) is 5.88 Å². The van der Waals surface area contributed by atoms with Crippen molar-refractivity contribution in [1.29, 1.82) is 0 Å². The van der Waals surface area contributed by atoms with Crippen molar-refractivity contribution >= 4 is 10.0 Å². The number of aromatic nitrogens is 1. The molecule has 1 fully saturated rings. The lowest BCUT2D eigenvalue weighted by molar-refractivity contribution is 0.00150. The second kappa shape index (κ2) is 7.01. The van der Waals surface area contributed by atoms with E-state index in [1.54, 1.807) is 18.3 Å². The lowest BCUT2D eigenvalue weighted by Crippen LogP contribution is -2.52. The minimum atomic E-state index is -3.29. The molecule has 20 heavy (non-hydrogen) atoms. The Morgan fingerprint density at radius 2 is 2.35 bits per heavy atom. The van der Waals surface area contributed by atoms with Crippen molar-refractivity contribution in [2.75, 3.05) is 19.0 Å². The first-order valence-electron chi connectivity index (χ1n) is 6.76. The largest absolute Gasteiger partial charge is 0.472 e. The van der Waals surface area contributed by atoms with Gasteiger partial charge in [-0.2, -0.15) is 0 Å². The summed E-state index contributed by atoms with van der Waals surface area (Å²) < 4.78 is 37.5. The van der Waals surface area contributed by atoms with Crippen molar-refractivity contribution in [1.82, 2.24) is 9.71 Å². The van der Waals surface area contributed by atoms with E-state index in [4.69, 9.17) is 9.47 Å². The van der Waals surface area contributed by atoms with Gasteiger partial charge in [-0.15, -0.1) is 0 Å². The topological polar surface area (TPSA) is 77.5 Å². The molecule has 0 amide bonds. The molecule has 0 spiro atoms. The highest BCUT2D eigenvalue weighted by molar-refractivity contribution is 7.89. The van der Waals surface area contributed by atoms with Crippen LogP contribution in [0, 0.1) is 0 Å². The Labute approximate surface area is 119 Å². The minimum Gasteiger partial charge on any atom is -0.472 e. The third-order valence-electron chi connectivity index (χ3n) is 3.01. The zero-order valence-electron chi connectivity index (χ0n) is 11.5. The SMILES string of the molecule is CCCS(=O)(=O)N[C@@H]1COCC[C@H]1Oc1ccccn1. The summed E-state index contributed by atoms with van der Waals surface area (Å²) >= 11 is 0. The van der Waals surface area contributed by atoms with Gasteiger partial charge >= 0.3 is 0 Å². The standard InChI is InChI=1S/C13H20N2O4S/c1-2-9-20(16,17)15-11-10-18-8-6-12(11)19-13-5-3-4-7-14-13/h3-5,7,11-12,15H,2,6,8-10H2,1H3/t11-,12-/m1/s1. The molecule has 6 nitrogen and oxygen atoms in total. The van der Waals surface area contributed by atoms with Gasteiger partial charge < -0.3 is 9.47 Å². The summed E-state index contributed by atoms with van der Waals surface area (Å²) in [7, 11) is -3.29. The van der Waals surface area contributed by atoms with Crippen LogP contribution in [0.25, 0.3) is 0 Å². The number of hydrogen-bond acceptors (Lipinski definition) is 5. The zero-order chi connectivity index (χ0) is 14.4. The Balaban J connectivity index is 2.02. The van der Waals surface area contributed by atoms with Crippen LogP contribution in [0.3, 0.4) is 0 Å². The summed E-state index contributed by atoms with van der Waals surface area (Å²) in [6, 6.07) is 5.02. The fourth-order valence-corrected chi connectivity index (χ4v) is 3.44. The normalized spacial score (nSPS) is 23.4. The quantitative estimate of drug-likeness (QED) is 0.846. The first-order chi connectivity index (χ1) is 9.61. The van der Waals surface area contributed by atoms with Gasteiger partial charge in [-0.05, 0) is 12.5 Å². The molecule has 0 unspecified atom stereocenters. The lowest BCUT2D eigenvalue weighted by Gasteiger charge is -2.31. The van der Waals surface area contributed by atoms with Gasteiger partial charge in [-0.25, -0.2) is 18.1 Å². The number of pyridine rings is 1. The molecule has 1 aliphatic rings. The number of ether oxygens (including phenoxy) is 2. The summed E-state index contributed by atoms with van der Waals surface area (Å²) in [5, 5.41) is 0. The zero-order valence-corrected chi connectivity index (χ0v) is 12.3. The molecule has 0 aliphatic carbocycles. The highest BCUT2D eigenvalue weighted by Crippen LogP contribution is 2.16. The van der Waals surface area contributed by atoms with E-state index >= 15 is 0 Å². The second-order valence-electron chi connectivity index (χ2n) is 4.73. The maximum absolute atomic E-state index is 11.9. The van der Waals surface area contributed by atoms with Crippen molar-refractivity contribution in [3.8, 4) is 5.88 Å². The van der Waals surface area contributed by atoms with Crippen LogP contribution in [-0.2, 0) is 14.8 Å². The Hall–Kier alpha value is -1.18. The molecule has 2 heterocycles. The summed E-state index contributed by atoms with van der Waals surface area (Å²) in [6.07, 6.45) is 2.60. The number of sulfonamides is 1. The summed E-state index contributed by atoms with van der Waals surface area (Å²) in [5.74, 6) is 0.610. The van der Waals surface area contributed by atoms with Gasteiger partial charge in [0.15, 0.2) is 0 Å². The molecule has 2 atom stereocenters. The fraction of sp³-hybridized carbons (Fsp3) is 0.615. The van der Waals surface area contributed by atoms with Gasteiger partial charge in [-0.1, -0.05) is 13.0 Å². The summed E-state index contributed by atoms with van der Waals surface area (Å²) in [6.45, 7) is 2.71. The maximum Gasteiger partial charge on any atom is 0.213 e. The van der Waals surface area contributed by atoms with Gasteiger partial charge in [0, 0.05) is 18.7 Å². The number of nitrogens with one attached hydrogen (secondary N) is 1. The van der Waals surface area contributed by atoms with Crippen LogP contribution in [0.15, 0.2) is 24.4 Å². The molecule has 0 radical (unpaired) electrons. The highest BCUT2D eigenvalue weighted by Gasteiger charge is 2.31. The molecular formula is C13H20N2O4S. The second-order valence-corrected chi connectivity index (χ2v) is 6.60. The average molecular weight is 300 g/mol. The highest BCUT2D eigenvalue weighted by atomic mass is 32.2. The molecule has 1 saturated heterocycles. The number of hydrogen-bond donors (Lipinski definition) is 1. The molecule has 1 aromatic rings. The van der Waals surface area contributed by atoms with E-state index in [2.05, 4.69) is 9.71 Å². The molecule has 112 valence electrons. The molecule has 0 aromatic carbocycles. The van der Waals surface area contributed by atoms with Crippen LogP contribution in [0.4, 0.5) is 0 Å². The van der Waals surface area contributed by atoms with E-state index < -0.39 is 10.0 Å². The van der Waals surface area contributed by atoms with Crippen LogP contribution < -0.4 is 9.46 Å². The van der Waals surface area contributed by atoms with Crippen molar-refractivity contribution in [3.05, 3.63) is 24.4 Å².